The first kappa shape index (κ1) is 12.1. The molecule has 0 aromatic rings. The van der Waals surface area contributed by atoms with Gasteiger partial charge in [-0.05, 0) is 27.2 Å². The summed E-state index contributed by atoms with van der Waals surface area (Å²) in [7, 11) is -4.08. The summed E-state index contributed by atoms with van der Waals surface area (Å²) in [4.78, 5) is 11.0. The lowest BCUT2D eigenvalue weighted by atomic mass is 10.2. The Kier molecular flexibility index (Phi) is 4.42. The molecule has 0 aromatic heterocycles. The zero-order valence-corrected chi connectivity index (χ0v) is 8.89. The van der Waals surface area contributed by atoms with E-state index in [2.05, 4.69) is 4.52 Å². The van der Waals surface area contributed by atoms with E-state index in [0.717, 1.165) is 0 Å². The molecule has 0 saturated carbocycles. The minimum Gasteiger partial charge on any atom is -0.756 e. The van der Waals surface area contributed by atoms with Crippen LogP contribution in [0.2, 0.25) is 0 Å². The van der Waals surface area contributed by atoms with E-state index < -0.39 is 13.4 Å². The molecule has 0 aliphatic carbocycles. The van der Waals surface area contributed by atoms with E-state index in [1.54, 1.807) is 20.8 Å². The summed E-state index contributed by atoms with van der Waals surface area (Å²) >= 11 is 0. The van der Waals surface area contributed by atoms with E-state index in [4.69, 9.17) is 4.52 Å². The average Bonchev–Trinajstić information content (AvgIpc) is 1.78. The number of hydrogen-bond acceptors (Lipinski definition) is 4. The second-order valence-electron chi connectivity index (χ2n) is 3.48. The molecular weight excluding hydrogens is 179 g/mol. The quantitative estimate of drug-likeness (QED) is 0.640. The Morgan fingerprint density at radius 3 is 2.25 bits per heavy atom. The third-order valence-corrected chi connectivity index (χ3v) is 2.11. The molecular formula is C7H16O4P-. The summed E-state index contributed by atoms with van der Waals surface area (Å²) in [5.74, 6) is 0. The van der Waals surface area contributed by atoms with E-state index in [0.29, 0.717) is 6.42 Å². The van der Waals surface area contributed by atoms with Crippen molar-refractivity contribution in [1.29, 1.82) is 0 Å². The van der Waals surface area contributed by atoms with Crippen molar-refractivity contribution < 1.29 is 18.5 Å². The van der Waals surface area contributed by atoms with Gasteiger partial charge in [-0.25, -0.2) is 0 Å². The molecule has 0 N–H and O–H groups in total. The Labute approximate surface area is 73.5 Å². The van der Waals surface area contributed by atoms with Gasteiger partial charge in [0.25, 0.3) is 7.82 Å². The zero-order chi connectivity index (χ0) is 9.83. The predicted molar refractivity (Wildman–Crippen MR) is 44.7 cm³/mol. The van der Waals surface area contributed by atoms with Crippen molar-refractivity contribution in [2.24, 2.45) is 0 Å². The van der Waals surface area contributed by atoms with Crippen molar-refractivity contribution in [3.05, 3.63) is 0 Å². The van der Waals surface area contributed by atoms with Gasteiger partial charge < -0.3 is 13.9 Å². The van der Waals surface area contributed by atoms with Crippen LogP contribution in [0.25, 0.3) is 0 Å². The van der Waals surface area contributed by atoms with Crippen molar-refractivity contribution in [2.45, 2.75) is 39.7 Å². The summed E-state index contributed by atoms with van der Waals surface area (Å²) in [6, 6.07) is 0. The second-order valence-corrected chi connectivity index (χ2v) is 4.82. The summed E-state index contributed by atoms with van der Waals surface area (Å²) < 4.78 is 20.2. The number of phosphoric ester groups is 1. The monoisotopic (exact) mass is 195 g/mol. The maximum absolute atomic E-state index is 11.0. The van der Waals surface area contributed by atoms with Gasteiger partial charge >= 0.3 is 0 Å². The lowest BCUT2D eigenvalue weighted by Crippen LogP contribution is -2.22. The Hall–Kier alpha value is 0.110. The van der Waals surface area contributed by atoms with E-state index in [-0.39, 0.29) is 6.61 Å². The summed E-state index contributed by atoms with van der Waals surface area (Å²) in [6.07, 6.45) is 0.653. The van der Waals surface area contributed by atoms with Crippen LogP contribution < -0.4 is 4.89 Å². The van der Waals surface area contributed by atoms with Crippen LogP contribution in [0.3, 0.4) is 0 Å². The first-order valence-corrected chi connectivity index (χ1v) is 5.39. The van der Waals surface area contributed by atoms with E-state index in [1.165, 1.54) is 0 Å². The zero-order valence-electron chi connectivity index (χ0n) is 7.99. The highest BCUT2D eigenvalue weighted by Gasteiger charge is 2.19. The van der Waals surface area contributed by atoms with Gasteiger partial charge in [0.1, 0.15) is 0 Å². The maximum atomic E-state index is 11.0. The first-order valence-electron chi connectivity index (χ1n) is 3.93. The molecule has 0 radical (unpaired) electrons. The third kappa shape index (κ3) is 6.80. The van der Waals surface area contributed by atoms with Gasteiger partial charge in [0.05, 0.1) is 12.2 Å². The van der Waals surface area contributed by atoms with Crippen LogP contribution in [-0.2, 0) is 13.6 Å². The van der Waals surface area contributed by atoms with E-state index >= 15 is 0 Å². The second kappa shape index (κ2) is 4.38. The van der Waals surface area contributed by atoms with E-state index in [1.807, 2.05) is 6.92 Å². The van der Waals surface area contributed by atoms with Crippen LogP contribution in [0.5, 0.6) is 0 Å². The molecule has 1 atom stereocenters. The number of phosphoric acid groups is 1. The molecule has 0 amide bonds. The molecule has 4 nitrogen and oxygen atoms in total. The predicted octanol–water partition coefficient (Wildman–Crippen LogP) is 1.70. The molecule has 0 rings (SSSR count). The minimum atomic E-state index is -4.08. The molecule has 12 heavy (non-hydrogen) atoms. The Bertz CT molecular complexity index is 173. The minimum absolute atomic E-state index is 0.177. The fourth-order valence-corrected chi connectivity index (χ4v) is 1.69. The van der Waals surface area contributed by atoms with Crippen molar-refractivity contribution >= 4 is 7.82 Å². The van der Waals surface area contributed by atoms with Crippen LogP contribution in [-0.4, -0.2) is 12.2 Å². The Morgan fingerprint density at radius 1 is 1.42 bits per heavy atom. The molecule has 5 heteroatoms. The molecule has 0 spiro atoms. The van der Waals surface area contributed by atoms with Crippen molar-refractivity contribution in [3.8, 4) is 0 Å². The summed E-state index contributed by atoms with van der Waals surface area (Å²) in [5.41, 5.74) is -0.717. The molecule has 1 unspecified atom stereocenters. The number of hydrogen-bond donors (Lipinski definition) is 0. The first-order chi connectivity index (χ1) is 5.27. The molecule has 0 saturated heterocycles. The highest BCUT2D eigenvalue weighted by atomic mass is 31.2. The van der Waals surface area contributed by atoms with Gasteiger partial charge in [0, 0.05) is 0 Å². The van der Waals surface area contributed by atoms with Crippen LogP contribution in [0.1, 0.15) is 34.1 Å². The fourth-order valence-electron chi connectivity index (χ4n) is 0.565. The molecule has 74 valence electrons. The summed E-state index contributed by atoms with van der Waals surface area (Å²) in [5, 5.41) is 0. The Balaban J connectivity index is 3.96. The van der Waals surface area contributed by atoms with Gasteiger partial charge in [0.2, 0.25) is 0 Å². The van der Waals surface area contributed by atoms with Crippen molar-refractivity contribution in [2.75, 3.05) is 6.61 Å². The summed E-state index contributed by atoms with van der Waals surface area (Å²) in [6.45, 7) is 6.99. The highest BCUT2D eigenvalue weighted by Crippen LogP contribution is 2.42. The standard InChI is InChI=1S/C7H17O4P/c1-5-6-10-12(8,9)11-7(2,3)4/h5-6H2,1-4H3,(H,8,9)/p-1. The molecule has 0 heterocycles. The van der Waals surface area contributed by atoms with E-state index in [9.17, 15) is 9.46 Å². The Morgan fingerprint density at radius 2 is 1.92 bits per heavy atom. The molecule has 0 aliphatic rings. The van der Waals surface area contributed by atoms with Gasteiger partial charge in [-0.1, -0.05) is 6.92 Å². The maximum Gasteiger partial charge on any atom is 0.268 e. The lowest BCUT2D eigenvalue weighted by Gasteiger charge is -2.30. The van der Waals surface area contributed by atoms with Gasteiger partial charge in [-0.3, -0.25) is 4.57 Å². The normalized spacial score (nSPS) is 17.4. The molecule has 0 aliphatic heterocycles. The van der Waals surface area contributed by atoms with Crippen LogP contribution in [0.4, 0.5) is 0 Å². The van der Waals surface area contributed by atoms with Gasteiger partial charge in [-0.15, -0.1) is 0 Å². The van der Waals surface area contributed by atoms with Crippen LogP contribution >= 0.6 is 7.82 Å². The third-order valence-electron chi connectivity index (χ3n) is 0.839. The average molecular weight is 195 g/mol. The van der Waals surface area contributed by atoms with Gasteiger partial charge in [0.15, 0.2) is 0 Å². The fraction of sp³-hybridized carbons (Fsp3) is 1.00. The SMILES string of the molecule is CCCOP(=O)([O-])OC(C)(C)C. The topological polar surface area (TPSA) is 58.6 Å². The molecule has 0 bridgehead atoms. The van der Waals surface area contributed by atoms with Crippen LogP contribution in [0.15, 0.2) is 0 Å². The highest BCUT2D eigenvalue weighted by molar-refractivity contribution is 7.45. The molecule has 0 fully saturated rings. The van der Waals surface area contributed by atoms with Gasteiger partial charge in [-0.2, -0.15) is 0 Å². The van der Waals surface area contributed by atoms with Crippen molar-refractivity contribution in [1.82, 2.24) is 0 Å². The van der Waals surface area contributed by atoms with Crippen molar-refractivity contribution in [3.63, 3.8) is 0 Å². The smallest absolute Gasteiger partial charge is 0.268 e. The largest absolute Gasteiger partial charge is 0.756 e. The lowest BCUT2D eigenvalue weighted by molar-refractivity contribution is -0.233. The molecule has 0 aromatic carbocycles. The number of rotatable bonds is 4. The van der Waals surface area contributed by atoms with Crippen LogP contribution in [0, 0.1) is 0 Å².